The van der Waals surface area contributed by atoms with Crippen LogP contribution in [0.15, 0.2) is 134 Å². The summed E-state index contributed by atoms with van der Waals surface area (Å²) in [6.07, 6.45) is 2.07. The average Bonchev–Trinajstić information content (AvgIpc) is 3.64. The number of benzene rings is 5. The highest BCUT2D eigenvalue weighted by atomic mass is 32.1. The Kier molecular flexibility index (Phi) is 5.28. The lowest BCUT2D eigenvalue weighted by Crippen LogP contribution is -2.05. The van der Waals surface area contributed by atoms with E-state index < -0.39 is 0 Å². The van der Waals surface area contributed by atoms with Crippen molar-refractivity contribution in [3.63, 3.8) is 0 Å². The Hall–Kier alpha value is -5.13. The van der Waals surface area contributed by atoms with Crippen LogP contribution in [0.3, 0.4) is 0 Å². The van der Waals surface area contributed by atoms with Crippen LogP contribution in [0.2, 0.25) is 0 Å². The van der Waals surface area contributed by atoms with E-state index in [9.17, 15) is 0 Å². The molecule has 0 aliphatic rings. The molecule has 188 valence electrons. The van der Waals surface area contributed by atoms with Crippen molar-refractivity contribution >= 4 is 42.4 Å². The van der Waals surface area contributed by atoms with E-state index in [-0.39, 0.29) is 0 Å². The molecule has 3 heterocycles. The third kappa shape index (κ3) is 3.71. The Morgan fingerprint density at radius 3 is 1.73 bits per heavy atom. The van der Waals surface area contributed by atoms with Gasteiger partial charge in [0.1, 0.15) is 0 Å². The minimum absolute atomic E-state index is 0.607. The monoisotopic (exact) mass is 530 g/mol. The molecular weight excluding hydrogens is 508 g/mol. The summed E-state index contributed by atoms with van der Waals surface area (Å²) in [5.41, 5.74) is 5.51. The van der Waals surface area contributed by atoms with Crippen LogP contribution in [-0.4, -0.2) is 19.5 Å². The van der Waals surface area contributed by atoms with Gasteiger partial charge < -0.3 is 0 Å². The van der Waals surface area contributed by atoms with Crippen LogP contribution in [0.5, 0.6) is 0 Å². The summed E-state index contributed by atoms with van der Waals surface area (Å²) in [6, 6.07) is 44.0. The van der Waals surface area contributed by atoms with Crippen molar-refractivity contribution < 1.29 is 0 Å². The van der Waals surface area contributed by atoms with Crippen molar-refractivity contribution in [2.75, 3.05) is 0 Å². The molecule has 0 N–H and O–H groups in total. The van der Waals surface area contributed by atoms with E-state index in [2.05, 4.69) is 77.5 Å². The minimum atomic E-state index is 0.607. The summed E-state index contributed by atoms with van der Waals surface area (Å²) in [5.74, 6) is 1.92. The molecule has 0 saturated heterocycles. The maximum absolute atomic E-state index is 4.99. The summed E-state index contributed by atoms with van der Waals surface area (Å²) >= 11 is 1.84. The quantitative estimate of drug-likeness (QED) is 0.228. The van der Waals surface area contributed by atoms with Gasteiger partial charge in [-0.1, -0.05) is 121 Å². The van der Waals surface area contributed by atoms with Gasteiger partial charge >= 0.3 is 0 Å². The van der Waals surface area contributed by atoms with E-state index in [0.717, 1.165) is 22.0 Å². The van der Waals surface area contributed by atoms with Crippen LogP contribution in [0, 0.1) is 0 Å². The van der Waals surface area contributed by atoms with Gasteiger partial charge in [0.25, 0.3) is 0 Å². The third-order valence-corrected chi connectivity index (χ3v) is 8.57. The summed E-state index contributed by atoms with van der Waals surface area (Å²) < 4.78 is 4.63. The fourth-order valence-corrected chi connectivity index (χ4v) is 6.78. The first-order chi connectivity index (χ1) is 19.8. The number of rotatable bonds is 4. The molecule has 0 amide bonds. The first-order valence-electron chi connectivity index (χ1n) is 13.2. The molecule has 0 fully saturated rings. The first kappa shape index (κ1) is 22.8. The topological polar surface area (TPSA) is 43.6 Å². The Morgan fingerprint density at radius 2 is 1.07 bits per heavy atom. The molecule has 0 radical (unpaired) electrons. The van der Waals surface area contributed by atoms with E-state index in [1.165, 1.54) is 31.3 Å². The molecule has 0 saturated carbocycles. The lowest BCUT2D eigenvalue weighted by molar-refractivity contribution is 0.935. The molecule has 3 aromatic heterocycles. The van der Waals surface area contributed by atoms with E-state index in [1.807, 2.05) is 72.0 Å². The molecule has 40 heavy (non-hydrogen) atoms. The number of nitrogens with zero attached hydrogens (tertiary/aromatic N) is 4. The lowest BCUT2D eigenvalue weighted by Gasteiger charge is -2.10. The predicted octanol–water partition coefficient (Wildman–Crippen LogP) is 9.18. The van der Waals surface area contributed by atoms with Crippen molar-refractivity contribution in [2.24, 2.45) is 0 Å². The summed E-state index contributed by atoms with van der Waals surface area (Å²) in [7, 11) is 0. The maximum Gasteiger partial charge on any atom is 0.238 e. The van der Waals surface area contributed by atoms with E-state index in [0.29, 0.717) is 17.6 Å². The zero-order chi connectivity index (χ0) is 26.5. The largest absolute Gasteiger partial charge is 0.284 e. The van der Waals surface area contributed by atoms with Gasteiger partial charge in [-0.25, -0.2) is 4.98 Å². The molecule has 4 nitrogen and oxygen atoms in total. The van der Waals surface area contributed by atoms with Gasteiger partial charge in [-0.05, 0) is 17.2 Å². The highest BCUT2D eigenvalue weighted by Gasteiger charge is 2.18. The molecule has 5 aromatic carbocycles. The van der Waals surface area contributed by atoms with E-state index in [4.69, 9.17) is 15.0 Å². The molecule has 0 aliphatic heterocycles. The number of hydrogen-bond donors (Lipinski definition) is 0. The Balaban J connectivity index is 1.40. The van der Waals surface area contributed by atoms with Gasteiger partial charge in [-0.2, -0.15) is 9.97 Å². The van der Waals surface area contributed by atoms with Gasteiger partial charge in [0.15, 0.2) is 11.6 Å². The van der Waals surface area contributed by atoms with Crippen LogP contribution in [0.25, 0.3) is 70.9 Å². The zero-order valence-corrected chi connectivity index (χ0v) is 22.2. The lowest BCUT2D eigenvalue weighted by atomic mass is 10.0. The number of fused-ring (bicyclic) bond motifs is 5. The second kappa shape index (κ2) is 9.26. The minimum Gasteiger partial charge on any atom is -0.284 e. The molecule has 0 spiro atoms. The van der Waals surface area contributed by atoms with Gasteiger partial charge in [0, 0.05) is 38.2 Å². The second-order valence-corrected chi connectivity index (χ2v) is 10.8. The molecule has 0 atom stereocenters. The average molecular weight is 531 g/mol. The van der Waals surface area contributed by atoms with Crippen molar-refractivity contribution in [3.05, 3.63) is 134 Å². The highest BCUT2D eigenvalue weighted by molar-refractivity contribution is 7.27. The van der Waals surface area contributed by atoms with Crippen LogP contribution >= 0.6 is 11.3 Å². The van der Waals surface area contributed by atoms with Gasteiger partial charge in [0.2, 0.25) is 5.95 Å². The standard InChI is InChI=1S/C35H22N4S/c1-4-11-23(12-5-1)27-17-10-18-28-29-20-19-24-21-22-39(30(24)32(29)40-31(27)28)35-37-33(25-13-6-2-7-14-25)36-34(38-35)26-15-8-3-9-16-26/h1-22H. The van der Waals surface area contributed by atoms with Crippen molar-refractivity contribution in [3.8, 4) is 39.9 Å². The first-order valence-corrected chi connectivity index (χ1v) is 14.0. The van der Waals surface area contributed by atoms with E-state index in [1.54, 1.807) is 0 Å². The molecule has 0 unspecified atom stereocenters. The molecule has 5 heteroatoms. The van der Waals surface area contributed by atoms with Crippen LogP contribution in [-0.2, 0) is 0 Å². The highest BCUT2D eigenvalue weighted by Crippen LogP contribution is 2.43. The van der Waals surface area contributed by atoms with Crippen molar-refractivity contribution in [1.29, 1.82) is 0 Å². The maximum atomic E-state index is 4.99. The SMILES string of the molecule is c1ccc(-c2nc(-c3ccccc3)nc(-n3ccc4ccc5c6cccc(-c7ccccc7)c6sc5c43)n2)cc1. The fourth-order valence-electron chi connectivity index (χ4n) is 5.39. The Bertz CT molecular complexity index is 2090. The van der Waals surface area contributed by atoms with E-state index >= 15 is 0 Å². The van der Waals surface area contributed by atoms with Gasteiger partial charge in [-0.15, -0.1) is 11.3 Å². The molecule has 0 aliphatic carbocycles. The normalized spacial score (nSPS) is 11.5. The molecule has 8 aromatic rings. The number of thiophene rings is 1. The van der Waals surface area contributed by atoms with Gasteiger partial charge in [0.05, 0.1) is 10.2 Å². The second-order valence-electron chi connectivity index (χ2n) is 9.73. The van der Waals surface area contributed by atoms with Crippen LogP contribution in [0.1, 0.15) is 0 Å². The predicted molar refractivity (Wildman–Crippen MR) is 166 cm³/mol. The van der Waals surface area contributed by atoms with Crippen LogP contribution < -0.4 is 0 Å². The third-order valence-electron chi connectivity index (χ3n) is 7.30. The smallest absolute Gasteiger partial charge is 0.238 e. The molecule has 0 bridgehead atoms. The van der Waals surface area contributed by atoms with Crippen LogP contribution in [0.4, 0.5) is 0 Å². The van der Waals surface area contributed by atoms with Crippen molar-refractivity contribution in [1.82, 2.24) is 19.5 Å². The number of hydrogen-bond acceptors (Lipinski definition) is 4. The molecular formula is C35H22N4S. The summed E-state index contributed by atoms with van der Waals surface area (Å²) in [5, 5.41) is 3.66. The number of aromatic nitrogens is 4. The summed E-state index contributed by atoms with van der Waals surface area (Å²) in [4.78, 5) is 14.9. The Labute approximate surface area is 234 Å². The Morgan fingerprint density at radius 1 is 0.475 bits per heavy atom. The molecule has 8 rings (SSSR count). The van der Waals surface area contributed by atoms with Gasteiger partial charge in [-0.3, -0.25) is 4.57 Å². The summed E-state index contributed by atoms with van der Waals surface area (Å²) in [6.45, 7) is 0. The van der Waals surface area contributed by atoms with Crippen molar-refractivity contribution in [2.45, 2.75) is 0 Å². The fraction of sp³-hybridized carbons (Fsp3) is 0. The zero-order valence-electron chi connectivity index (χ0n) is 21.4.